The number of imidazole rings is 1. The van der Waals surface area contributed by atoms with Crippen LogP contribution in [0.25, 0.3) is 11.0 Å². The van der Waals surface area contributed by atoms with Crippen LogP contribution < -0.4 is 0 Å². The molecule has 0 saturated heterocycles. The van der Waals surface area contributed by atoms with E-state index in [2.05, 4.69) is 86.9 Å². The first-order valence-electron chi connectivity index (χ1n) is 10.3. The normalized spacial score (nSPS) is 15.0. The zero-order chi connectivity index (χ0) is 19.2. The predicted molar refractivity (Wildman–Crippen MR) is 113 cm³/mol. The van der Waals surface area contributed by atoms with Gasteiger partial charge in [0.2, 0.25) is 0 Å². The van der Waals surface area contributed by atoms with Gasteiger partial charge in [0.15, 0.2) is 0 Å². The summed E-state index contributed by atoms with van der Waals surface area (Å²) in [6.07, 6.45) is 2.12. The summed E-state index contributed by atoms with van der Waals surface area (Å²) in [6.45, 7) is 10.7. The number of ether oxygens (including phenoxy) is 1. The maximum Gasteiger partial charge on any atom is 0.143 e. The molecule has 1 heterocycles. The van der Waals surface area contributed by atoms with Crippen molar-refractivity contribution in [2.45, 2.75) is 53.2 Å². The van der Waals surface area contributed by atoms with Gasteiger partial charge >= 0.3 is 0 Å². The van der Waals surface area contributed by atoms with Crippen LogP contribution in [0.5, 0.6) is 0 Å². The van der Waals surface area contributed by atoms with Gasteiger partial charge in [0.25, 0.3) is 0 Å². The standard InChI is InChI=1S/C24H32N2O/c1-5-18(3)16-26-22-15-11-10-14-21(22)25-24(26)23(27-17-19(4)6-2)20-12-8-7-9-13-20/h7-15,18-19,23H,5-6,16-17H2,1-4H3/t18-,19-,23+/m0/s1. The highest BCUT2D eigenvalue weighted by molar-refractivity contribution is 5.76. The molecule has 144 valence electrons. The molecule has 0 unspecified atom stereocenters. The van der Waals surface area contributed by atoms with Gasteiger partial charge in [0.1, 0.15) is 11.9 Å². The molecule has 3 nitrogen and oxygen atoms in total. The van der Waals surface area contributed by atoms with Crippen molar-refractivity contribution in [1.29, 1.82) is 0 Å². The molecular formula is C24H32N2O. The van der Waals surface area contributed by atoms with E-state index in [9.17, 15) is 0 Å². The van der Waals surface area contributed by atoms with Gasteiger partial charge in [0, 0.05) is 6.54 Å². The minimum absolute atomic E-state index is 0.142. The molecule has 0 saturated carbocycles. The molecule has 0 bridgehead atoms. The van der Waals surface area contributed by atoms with Gasteiger partial charge in [-0.15, -0.1) is 0 Å². The van der Waals surface area contributed by atoms with Gasteiger partial charge in [-0.05, 0) is 29.5 Å². The van der Waals surface area contributed by atoms with Crippen molar-refractivity contribution in [2.75, 3.05) is 6.61 Å². The van der Waals surface area contributed by atoms with Crippen molar-refractivity contribution >= 4 is 11.0 Å². The van der Waals surface area contributed by atoms with Crippen LogP contribution in [-0.4, -0.2) is 16.2 Å². The zero-order valence-corrected chi connectivity index (χ0v) is 17.1. The molecule has 2 aromatic carbocycles. The summed E-state index contributed by atoms with van der Waals surface area (Å²) < 4.78 is 8.84. The van der Waals surface area contributed by atoms with E-state index in [1.54, 1.807) is 0 Å². The average molecular weight is 365 g/mol. The third-order valence-corrected chi connectivity index (χ3v) is 5.46. The lowest BCUT2D eigenvalue weighted by molar-refractivity contribution is 0.0480. The highest BCUT2D eigenvalue weighted by atomic mass is 16.5. The van der Waals surface area contributed by atoms with Crippen molar-refractivity contribution in [3.8, 4) is 0 Å². The van der Waals surface area contributed by atoms with Crippen LogP contribution in [0.3, 0.4) is 0 Å². The summed E-state index contributed by atoms with van der Waals surface area (Å²) >= 11 is 0. The highest BCUT2D eigenvalue weighted by Crippen LogP contribution is 2.30. The average Bonchev–Trinajstić information content (AvgIpc) is 3.06. The lowest BCUT2D eigenvalue weighted by Gasteiger charge is -2.22. The number of fused-ring (bicyclic) bond motifs is 1. The molecule has 0 fully saturated rings. The third kappa shape index (κ3) is 4.59. The Kier molecular flexibility index (Phi) is 6.68. The Morgan fingerprint density at radius 3 is 2.26 bits per heavy atom. The zero-order valence-electron chi connectivity index (χ0n) is 17.1. The van der Waals surface area contributed by atoms with E-state index in [0.29, 0.717) is 11.8 Å². The molecule has 3 heteroatoms. The first-order valence-corrected chi connectivity index (χ1v) is 10.3. The predicted octanol–water partition coefficient (Wildman–Crippen LogP) is 6.23. The highest BCUT2D eigenvalue weighted by Gasteiger charge is 2.24. The van der Waals surface area contributed by atoms with Crippen LogP contribution in [0.4, 0.5) is 0 Å². The quantitative estimate of drug-likeness (QED) is 0.450. The number of hydrogen-bond donors (Lipinski definition) is 0. The van der Waals surface area contributed by atoms with Crippen molar-refractivity contribution < 1.29 is 4.74 Å². The van der Waals surface area contributed by atoms with Gasteiger partial charge in [-0.25, -0.2) is 4.98 Å². The van der Waals surface area contributed by atoms with Gasteiger partial charge in [-0.1, -0.05) is 83.0 Å². The Labute approximate surface area is 163 Å². The molecule has 3 atom stereocenters. The van der Waals surface area contributed by atoms with Gasteiger partial charge in [-0.3, -0.25) is 0 Å². The molecule has 0 radical (unpaired) electrons. The number of benzene rings is 2. The number of para-hydroxylation sites is 2. The van der Waals surface area contributed by atoms with Gasteiger partial charge in [-0.2, -0.15) is 0 Å². The Morgan fingerprint density at radius 2 is 1.56 bits per heavy atom. The van der Waals surface area contributed by atoms with Crippen molar-refractivity contribution in [1.82, 2.24) is 9.55 Å². The molecule has 0 aliphatic carbocycles. The van der Waals surface area contributed by atoms with E-state index in [1.165, 1.54) is 11.1 Å². The number of aromatic nitrogens is 2. The molecule has 0 aliphatic rings. The van der Waals surface area contributed by atoms with Crippen LogP contribution in [0.15, 0.2) is 54.6 Å². The third-order valence-electron chi connectivity index (χ3n) is 5.46. The fourth-order valence-electron chi connectivity index (χ4n) is 3.25. The first kappa shape index (κ1) is 19.6. The van der Waals surface area contributed by atoms with Crippen LogP contribution in [0, 0.1) is 11.8 Å². The summed E-state index contributed by atoms with van der Waals surface area (Å²) in [5.74, 6) is 2.14. The number of nitrogens with zero attached hydrogens (tertiary/aromatic N) is 2. The van der Waals surface area contributed by atoms with Gasteiger partial charge in [0.05, 0.1) is 17.6 Å². The van der Waals surface area contributed by atoms with E-state index >= 15 is 0 Å². The molecule has 3 aromatic rings. The molecule has 0 aliphatic heterocycles. The van der Waals surface area contributed by atoms with Crippen LogP contribution in [-0.2, 0) is 11.3 Å². The van der Waals surface area contributed by atoms with E-state index in [0.717, 1.165) is 37.3 Å². The number of hydrogen-bond acceptors (Lipinski definition) is 2. The second-order valence-corrected chi connectivity index (χ2v) is 7.72. The summed E-state index contributed by atoms with van der Waals surface area (Å²) in [6, 6.07) is 18.9. The summed E-state index contributed by atoms with van der Waals surface area (Å²) in [5.41, 5.74) is 3.41. The smallest absolute Gasteiger partial charge is 0.143 e. The van der Waals surface area contributed by atoms with E-state index in [-0.39, 0.29) is 6.10 Å². The van der Waals surface area contributed by atoms with Gasteiger partial charge < -0.3 is 9.30 Å². The molecule has 27 heavy (non-hydrogen) atoms. The lowest BCUT2D eigenvalue weighted by atomic mass is 10.1. The Morgan fingerprint density at radius 1 is 0.889 bits per heavy atom. The van der Waals surface area contributed by atoms with Crippen molar-refractivity contribution in [2.24, 2.45) is 11.8 Å². The Bertz CT molecular complexity index is 840. The fourth-order valence-corrected chi connectivity index (χ4v) is 3.25. The van der Waals surface area contributed by atoms with E-state index in [4.69, 9.17) is 9.72 Å². The van der Waals surface area contributed by atoms with Crippen LogP contribution >= 0.6 is 0 Å². The minimum Gasteiger partial charge on any atom is -0.365 e. The van der Waals surface area contributed by atoms with E-state index < -0.39 is 0 Å². The molecule has 3 rings (SSSR count). The largest absolute Gasteiger partial charge is 0.365 e. The van der Waals surface area contributed by atoms with Crippen molar-refractivity contribution in [3.63, 3.8) is 0 Å². The molecule has 1 aromatic heterocycles. The fraction of sp³-hybridized carbons (Fsp3) is 0.458. The summed E-state index contributed by atoms with van der Waals surface area (Å²) in [5, 5.41) is 0. The minimum atomic E-state index is -0.142. The molecule has 0 N–H and O–H groups in total. The SMILES string of the molecule is CC[C@H](C)CO[C@H](c1ccccc1)c1nc2ccccc2n1C[C@@H](C)CC. The van der Waals surface area contributed by atoms with E-state index in [1.807, 2.05) is 0 Å². The lowest BCUT2D eigenvalue weighted by Crippen LogP contribution is -2.18. The van der Waals surface area contributed by atoms with Crippen LogP contribution in [0.1, 0.15) is 58.0 Å². The Hall–Kier alpha value is -2.13. The topological polar surface area (TPSA) is 27.1 Å². The van der Waals surface area contributed by atoms with Crippen LogP contribution in [0.2, 0.25) is 0 Å². The summed E-state index contributed by atoms with van der Waals surface area (Å²) in [7, 11) is 0. The monoisotopic (exact) mass is 364 g/mol. The molecule has 0 spiro atoms. The second kappa shape index (κ2) is 9.18. The second-order valence-electron chi connectivity index (χ2n) is 7.72. The molecular weight excluding hydrogens is 332 g/mol. The Balaban J connectivity index is 2.07. The van der Waals surface area contributed by atoms with Crippen molar-refractivity contribution in [3.05, 3.63) is 66.0 Å². The first-order chi connectivity index (χ1) is 13.1. The molecule has 0 amide bonds. The summed E-state index contributed by atoms with van der Waals surface area (Å²) in [4.78, 5) is 5.02. The maximum absolute atomic E-state index is 6.47. The maximum atomic E-state index is 6.47. The number of rotatable bonds is 9.